The zero-order valence-electron chi connectivity index (χ0n) is 20.3. The normalized spacial score (nSPS) is 15.4. The summed E-state index contributed by atoms with van der Waals surface area (Å²) in [5.74, 6) is 0.848. The summed E-state index contributed by atoms with van der Waals surface area (Å²) in [7, 11) is 0. The molecular formula is C27H33N5O. The molecule has 0 atom stereocenters. The number of morpholine rings is 1. The Labute approximate surface area is 195 Å². The lowest BCUT2D eigenvalue weighted by Crippen LogP contribution is -2.35. The van der Waals surface area contributed by atoms with Gasteiger partial charge < -0.3 is 10.1 Å². The molecule has 2 aromatic carbocycles. The minimum absolute atomic E-state index is 0.0579. The molecule has 172 valence electrons. The maximum atomic E-state index is 5.54. The van der Waals surface area contributed by atoms with E-state index in [-0.39, 0.29) is 5.41 Å². The number of nitrogens with one attached hydrogen (secondary N) is 1. The van der Waals surface area contributed by atoms with Gasteiger partial charge in [0.2, 0.25) is 0 Å². The van der Waals surface area contributed by atoms with E-state index in [9.17, 15) is 0 Å². The van der Waals surface area contributed by atoms with Crippen molar-refractivity contribution in [1.29, 1.82) is 0 Å². The number of hydrogen-bond donors (Lipinski definition) is 1. The molecule has 3 heterocycles. The maximum Gasteiger partial charge on any atom is 0.157 e. The summed E-state index contributed by atoms with van der Waals surface area (Å²) in [5, 5.41) is 3.64. The predicted octanol–water partition coefficient (Wildman–Crippen LogP) is 5.37. The van der Waals surface area contributed by atoms with Crippen LogP contribution in [0.25, 0.3) is 16.6 Å². The molecule has 6 heteroatoms. The van der Waals surface area contributed by atoms with Crippen molar-refractivity contribution in [2.75, 3.05) is 31.6 Å². The lowest BCUT2D eigenvalue weighted by molar-refractivity contribution is 0.0339. The largest absolute Gasteiger partial charge is 0.379 e. The lowest BCUT2D eigenvalue weighted by atomic mass is 9.87. The van der Waals surface area contributed by atoms with Crippen LogP contribution in [0.15, 0.2) is 42.7 Å². The molecule has 0 spiro atoms. The van der Waals surface area contributed by atoms with Gasteiger partial charge in [-0.3, -0.25) is 9.30 Å². The van der Waals surface area contributed by atoms with Crippen molar-refractivity contribution in [2.24, 2.45) is 0 Å². The molecule has 1 N–H and O–H groups in total. The van der Waals surface area contributed by atoms with E-state index in [2.05, 4.69) is 85.6 Å². The topological polar surface area (TPSA) is 54.7 Å². The van der Waals surface area contributed by atoms with Crippen molar-refractivity contribution in [2.45, 2.75) is 46.6 Å². The average molecular weight is 444 g/mol. The number of fused-ring (bicyclic) bond motifs is 3. The van der Waals surface area contributed by atoms with Gasteiger partial charge in [-0.25, -0.2) is 9.97 Å². The van der Waals surface area contributed by atoms with Gasteiger partial charge in [0.25, 0.3) is 0 Å². The average Bonchev–Trinajstić information content (AvgIpc) is 3.19. The Kier molecular flexibility index (Phi) is 5.59. The third kappa shape index (κ3) is 4.33. The first-order valence-corrected chi connectivity index (χ1v) is 11.7. The number of imidazole rings is 1. The van der Waals surface area contributed by atoms with E-state index >= 15 is 0 Å². The Bertz CT molecular complexity index is 1310. The molecule has 33 heavy (non-hydrogen) atoms. The van der Waals surface area contributed by atoms with E-state index in [1.807, 2.05) is 6.33 Å². The van der Waals surface area contributed by atoms with Crippen molar-refractivity contribution < 1.29 is 4.74 Å². The Hall–Kier alpha value is -2.96. The van der Waals surface area contributed by atoms with Crippen molar-refractivity contribution in [1.82, 2.24) is 19.3 Å². The number of aromatic nitrogens is 3. The molecular weight excluding hydrogens is 410 g/mol. The highest BCUT2D eigenvalue weighted by Gasteiger charge is 2.20. The van der Waals surface area contributed by atoms with E-state index in [1.54, 1.807) is 0 Å². The molecule has 5 rings (SSSR count). The Morgan fingerprint density at radius 1 is 1.03 bits per heavy atom. The molecule has 2 aromatic heterocycles. The van der Waals surface area contributed by atoms with E-state index < -0.39 is 0 Å². The van der Waals surface area contributed by atoms with Crippen LogP contribution in [-0.2, 0) is 16.7 Å². The van der Waals surface area contributed by atoms with Gasteiger partial charge in [-0.2, -0.15) is 0 Å². The zero-order valence-corrected chi connectivity index (χ0v) is 20.3. The van der Waals surface area contributed by atoms with Gasteiger partial charge in [0, 0.05) is 25.3 Å². The summed E-state index contributed by atoms with van der Waals surface area (Å²) in [4.78, 5) is 12.4. The lowest BCUT2D eigenvalue weighted by Gasteiger charge is -2.26. The molecule has 0 radical (unpaired) electrons. The molecule has 6 nitrogen and oxygen atoms in total. The van der Waals surface area contributed by atoms with Crippen molar-refractivity contribution >= 4 is 28.1 Å². The monoisotopic (exact) mass is 443 g/mol. The van der Waals surface area contributed by atoms with Crippen LogP contribution >= 0.6 is 0 Å². The molecule has 0 amide bonds. The molecule has 4 aromatic rings. The fourth-order valence-corrected chi connectivity index (χ4v) is 4.53. The highest BCUT2D eigenvalue weighted by molar-refractivity contribution is 5.88. The van der Waals surface area contributed by atoms with Crippen molar-refractivity contribution in [3.63, 3.8) is 0 Å². The predicted molar refractivity (Wildman–Crippen MR) is 134 cm³/mol. The second-order valence-corrected chi connectivity index (χ2v) is 10.2. The fraction of sp³-hybridized carbons (Fsp3) is 0.407. The summed E-state index contributed by atoms with van der Waals surface area (Å²) in [5.41, 5.74) is 8.98. The van der Waals surface area contributed by atoms with E-state index in [0.717, 1.165) is 66.6 Å². The van der Waals surface area contributed by atoms with Gasteiger partial charge >= 0.3 is 0 Å². The van der Waals surface area contributed by atoms with Crippen LogP contribution in [0.2, 0.25) is 0 Å². The standard InChI is InChI=1S/C27H33N5O/c1-18-6-8-21(19(2)14-18)29-26-25-23(16-31-10-12-33-13-11-31)28-17-32(25)24-9-7-20(27(3,4)5)15-22(24)30-26/h6-9,14-15,17H,10-13,16H2,1-5H3,(H,29,30). The van der Waals surface area contributed by atoms with Gasteiger partial charge in [0.1, 0.15) is 11.8 Å². The second kappa shape index (κ2) is 8.43. The number of rotatable bonds is 4. The minimum Gasteiger partial charge on any atom is -0.379 e. The van der Waals surface area contributed by atoms with E-state index in [4.69, 9.17) is 14.7 Å². The minimum atomic E-state index is 0.0579. The summed E-state index contributed by atoms with van der Waals surface area (Å²) in [6, 6.07) is 13.1. The molecule has 1 fully saturated rings. The van der Waals surface area contributed by atoms with Crippen molar-refractivity contribution in [3.8, 4) is 0 Å². The summed E-state index contributed by atoms with van der Waals surface area (Å²) in [6.45, 7) is 15.1. The maximum absolute atomic E-state index is 5.54. The van der Waals surface area contributed by atoms with Crippen LogP contribution < -0.4 is 5.32 Å². The van der Waals surface area contributed by atoms with Crippen LogP contribution in [0, 0.1) is 13.8 Å². The van der Waals surface area contributed by atoms with Gasteiger partial charge in [0.05, 0.1) is 29.9 Å². The number of nitrogens with zero attached hydrogens (tertiary/aromatic N) is 4. The van der Waals surface area contributed by atoms with E-state index in [1.165, 1.54) is 16.7 Å². The van der Waals surface area contributed by atoms with Crippen molar-refractivity contribution in [3.05, 3.63) is 65.1 Å². The highest BCUT2D eigenvalue weighted by atomic mass is 16.5. The quantitative estimate of drug-likeness (QED) is 0.459. The number of benzene rings is 2. The van der Waals surface area contributed by atoms with Gasteiger partial charge in [-0.1, -0.05) is 44.5 Å². The third-order valence-corrected chi connectivity index (χ3v) is 6.51. The second-order valence-electron chi connectivity index (χ2n) is 10.2. The number of ether oxygens (including phenoxy) is 1. The Balaban J connectivity index is 1.67. The number of anilines is 2. The molecule has 0 saturated carbocycles. The van der Waals surface area contributed by atoms with Crippen LogP contribution in [0.5, 0.6) is 0 Å². The van der Waals surface area contributed by atoms with Crippen LogP contribution in [-0.4, -0.2) is 45.6 Å². The Morgan fingerprint density at radius 2 is 1.82 bits per heavy atom. The molecule has 1 aliphatic rings. The fourth-order valence-electron chi connectivity index (χ4n) is 4.53. The highest BCUT2D eigenvalue weighted by Crippen LogP contribution is 2.31. The number of aryl methyl sites for hydroxylation is 2. The first kappa shape index (κ1) is 21.9. The smallest absolute Gasteiger partial charge is 0.157 e. The molecule has 0 bridgehead atoms. The first-order valence-electron chi connectivity index (χ1n) is 11.7. The van der Waals surface area contributed by atoms with Gasteiger partial charge in [-0.15, -0.1) is 0 Å². The molecule has 1 saturated heterocycles. The number of hydrogen-bond acceptors (Lipinski definition) is 5. The Morgan fingerprint density at radius 3 is 2.55 bits per heavy atom. The molecule has 0 aliphatic carbocycles. The third-order valence-electron chi connectivity index (χ3n) is 6.51. The summed E-state index contributed by atoms with van der Waals surface area (Å²) in [6.07, 6.45) is 1.94. The van der Waals surface area contributed by atoms with Gasteiger partial charge in [0.15, 0.2) is 5.82 Å². The summed E-state index contributed by atoms with van der Waals surface area (Å²) >= 11 is 0. The molecule has 0 unspecified atom stereocenters. The summed E-state index contributed by atoms with van der Waals surface area (Å²) < 4.78 is 7.73. The van der Waals surface area contributed by atoms with E-state index in [0.29, 0.717) is 0 Å². The zero-order chi connectivity index (χ0) is 23.2. The first-order chi connectivity index (χ1) is 15.8. The SMILES string of the molecule is Cc1ccc(Nc2nc3cc(C(C)(C)C)ccc3n3cnc(CN4CCOCC4)c23)c(C)c1. The van der Waals surface area contributed by atoms with Crippen LogP contribution in [0.1, 0.15) is 43.2 Å². The van der Waals surface area contributed by atoms with Gasteiger partial charge in [-0.05, 0) is 48.6 Å². The van der Waals surface area contributed by atoms with Crippen LogP contribution in [0.3, 0.4) is 0 Å². The van der Waals surface area contributed by atoms with Crippen LogP contribution in [0.4, 0.5) is 11.5 Å². The molecule has 1 aliphatic heterocycles.